The summed E-state index contributed by atoms with van der Waals surface area (Å²) in [6.45, 7) is 2.02. The van der Waals surface area contributed by atoms with Crippen LogP contribution >= 0.6 is 0 Å². The van der Waals surface area contributed by atoms with Crippen molar-refractivity contribution in [3.8, 4) is 0 Å². The summed E-state index contributed by atoms with van der Waals surface area (Å²) in [4.78, 5) is 11.7. The van der Waals surface area contributed by atoms with Crippen LogP contribution in [0.1, 0.15) is 31.4 Å². The van der Waals surface area contributed by atoms with E-state index in [0.29, 0.717) is 6.42 Å². The van der Waals surface area contributed by atoms with Crippen molar-refractivity contribution >= 4 is 5.78 Å². The van der Waals surface area contributed by atoms with Gasteiger partial charge in [0.15, 0.2) is 5.78 Å². The summed E-state index contributed by atoms with van der Waals surface area (Å²) in [5.41, 5.74) is 1.05. The third-order valence-corrected chi connectivity index (χ3v) is 2.24. The number of hydrogen-bond donors (Lipinski definition) is 1. The van der Waals surface area contributed by atoms with Crippen LogP contribution in [-0.4, -0.2) is 12.8 Å². The van der Waals surface area contributed by atoms with Crippen LogP contribution in [0.15, 0.2) is 30.3 Å². The van der Waals surface area contributed by atoms with E-state index in [0.717, 1.165) is 12.0 Å². The first-order valence-corrected chi connectivity index (χ1v) is 5.04. The molecule has 76 valence electrons. The molecule has 0 spiro atoms. The van der Waals surface area contributed by atoms with E-state index in [1.807, 2.05) is 44.3 Å². The Balaban J connectivity index is 2.77. The van der Waals surface area contributed by atoms with E-state index in [9.17, 15) is 4.79 Å². The minimum atomic E-state index is -0.142. The minimum absolute atomic E-state index is 0.142. The minimum Gasteiger partial charge on any atom is -0.307 e. The van der Waals surface area contributed by atoms with Gasteiger partial charge in [-0.1, -0.05) is 37.3 Å². The Morgan fingerprint density at radius 1 is 1.36 bits per heavy atom. The predicted molar refractivity (Wildman–Crippen MR) is 58.2 cm³/mol. The molecule has 0 heterocycles. The lowest BCUT2D eigenvalue weighted by Crippen LogP contribution is -2.25. The molecule has 0 radical (unpaired) electrons. The fraction of sp³-hybridized carbons (Fsp3) is 0.417. The molecule has 1 unspecified atom stereocenters. The van der Waals surface area contributed by atoms with Gasteiger partial charge in [0.25, 0.3) is 0 Å². The summed E-state index contributed by atoms with van der Waals surface area (Å²) < 4.78 is 0. The van der Waals surface area contributed by atoms with Crippen molar-refractivity contribution in [1.82, 2.24) is 5.32 Å². The van der Waals surface area contributed by atoms with Gasteiger partial charge in [-0.2, -0.15) is 0 Å². The smallest absolute Gasteiger partial charge is 0.154 e. The average molecular weight is 191 g/mol. The second-order valence-electron chi connectivity index (χ2n) is 3.35. The zero-order valence-electron chi connectivity index (χ0n) is 8.79. The van der Waals surface area contributed by atoms with Gasteiger partial charge in [0.05, 0.1) is 6.04 Å². The van der Waals surface area contributed by atoms with Gasteiger partial charge in [0, 0.05) is 6.42 Å². The zero-order valence-corrected chi connectivity index (χ0v) is 8.79. The van der Waals surface area contributed by atoms with Crippen LogP contribution in [0.2, 0.25) is 0 Å². The quantitative estimate of drug-likeness (QED) is 0.773. The number of likely N-dealkylation sites (N-methyl/N-ethyl adjacent to an activating group) is 1. The number of carbonyl (C=O) groups is 1. The van der Waals surface area contributed by atoms with E-state index in [1.54, 1.807) is 0 Å². The van der Waals surface area contributed by atoms with Crippen molar-refractivity contribution in [3.05, 3.63) is 35.9 Å². The number of hydrogen-bond acceptors (Lipinski definition) is 2. The predicted octanol–water partition coefficient (Wildman–Crippen LogP) is 2.32. The molecule has 0 saturated heterocycles. The first-order chi connectivity index (χ1) is 6.79. The molecule has 2 heteroatoms. The molecule has 2 nitrogen and oxygen atoms in total. The summed E-state index contributed by atoms with van der Waals surface area (Å²) in [6, 6.07) is 9.69. The van der Waals surface area contributed by atoms with E-state index in [-0.39, 0.29) is 11.8 Å². The van der Waals surface area contributed by atoms with Gasteiger partial charge in [-0.25, -0.2) is 0 Å². The Morgan fingerprint density at radius 2 is 2.00 bits per heavy atom. The molecule has 1 aromatic carbocycles. The highest BCUT2D eigenvalue weighted by molar-refractivity contribution is 5.85. The summed E-state index contributed by atoms with van der Waals surface area (Å²) in [7, 11) is 1.82. The zero-order chi connectivity index (χ0) is 10.4. The topological polar surface area (TPSA) is 29.1 Å². The van der Waals surface area contributed by atoms with Gasteiger partial charge in [-0.3, -0.25) is 4.79 Å². The Hall–Kier alpha value is -1.15. The number of nitrogens with one attached hydrogen (secondary N) is 1. The average Bonchev–Trinajstić information content (AvgIpc) is 2.21. The fourth-order valence-electron chi connectivity index (χ4n) is 1.55. The Morgan fingerprint density at radius 3 is 2.50 bits per heavy atom. The molecule has 14 heavy (non-hydrogen) atoms. The SMILES string of the molecule is CCCC(=O)C(NC)c1ccccc1. The molecule has 1 aromatic rings. The first kappa shape index (κ1) is 10.9. The summed E-state index contributed by atoms with van der Waals surface area (Å²) >= 11 is 0. The number of benzene rings is 1. The van der Waals surface area contributed by atoms with E-state index in [4.69, 9.17) is 0 Å². The van der Waals surface area contributed by atoms with Crippen molar-refractivity contribution < 1.29 is 4.79 Å². The van der Waals surface area contributed by atoms with Crippen molar-refractivity contribution in [2.45, 2.75) is 25.8 Å². The molecule has 0 aromatic heterocycles. The van der Waals surface area contributed by atoms with E-state index in [1.165, 1.54) is 0 Å². The fourth-order valence-corrected chi connectivity index (χ4v) is 1.55. The van der Waals surface area contributed by atoms with E-state index >= 15 is 0 Å². The third kappa shape index (κ3) is 2.67. The highest BCUT2D eigenvalue weighted by atomic mass is 16.1. The van der Waals surface area contributed by atoms with Crippen LogP contribution in [0.25, 0.3) is 0 Å². The third-order valence-electron chi connectivity index (χ3n) is 2.24. The second kappa shape index (κ2) is 5.55. The number of Topliss-reactive ketones (excluding diaryl/α,β-unsaturated/α-hetero) is 1. The van der Waals surface area contributed by atoms with Crippen LogP contribution in [0.3, 0.4) is 0 Å². The molecule has 0 amide bonds. The van der Waals surface area contributed by atoms with Gasteiger partial charge in [0.1, 0.15) is 0 Å². The number of rotatable bonds is 5. The highest BCUT2D eigenvalue weighted by Gasteiger charge is 2.16. The molecule has 0 bridgehead atoms. The maximum Gasteiger partial charge on any atom is 0.154 e. The second-order valence-corrected chi connectivity index (χ2v) is 3.35. The molecule has 0 aliphatic carbocycles. The van der Waals surface area contributed by atoms with Crippen LogP contribution in [0, 0.1) is 0 Å². The van der Waals surface area contributed by atoms with Crippen LogP contribution in [-0.2, 0) is 4.79 Å². The number of carbonyl (C=O) groups excluding carboxylic acids is 1. The molecule has 1 rings (SSSR count). The molecular formula is C12H17NO. The highest BCUT2D eigenvalue weighted by Crippen LogP contribution is 2.15. The molecule has 0 aliphatic heterocycles. The van der Waals surface area contributed by atoms with Crippen LogP contribution in [0.4, 0.5) is 0 Å². The van der Waals surface area contributed by atoms with E-state index < -0.39 is 0 Å². The molecule has 0 aliphatic rings. The van der Waals surface area contributed by atoms with Gasteiger partial charge < -0.3 is 5.32 Å². The van der Waals surface area contributed by atoms with E-state index in [2.05, 4.69) is 5.32 Å². The summed E-state index contributed by atoms with van der Waals surface area (Å²) in [6.07, 6.45) is 1.55. The molecule has 0 saturated carbocycles. The maximum absolute atomic E-state index is 11.7. The Kier molecular flexibility index (Phi) is 4.33. The molecule has 0 fully saturated rings. The molecular weight excluding hydrogens is 174 g/mol. The van der Waals surface area contributed by atoms with Gasteiger partial charge >= 0.3 is 0 Å². The van der Waals surface area contributed by atoms with Crippen molar-refractivity contribution in [2.24, 2.45) is 0 Å². The number of ketones is 1. The van der Waals surface area contributed by atoms with Crippen molar-refractivity contribution in [3.63, 3.8) is 0 Å². The van der Waals surface area contributed by atoms with Gasteiger partial charge in [0.2, 0.25) is 0 Å². The maximum atomic E-state index is 11.7. The van der Waals surface area contributed by atoms with Crippen molar-refractivity contribution in [2.75, 3.05) is 7.05 Å². The monoisotopic (exact) mass is 191 g/mol. The van der Waals surface area contributed by atoms with Gasteiger partial charge in [-0.05, 0) is 19.0 Å². The standard InChI is InChI=1S/C12H17NO/c1-3-7-11(14)12(13-2)10-8-5-4-6-9-10/h4-6,8-9,12-13H,3,7H2,1-2H3. The lowest BCUT2D eigenvalue weighted by molar-refractivity contribution is -0.121. The molecule has 1 N–H and O–H groups in total. The Labute approximate surface area is 85.3 Å². The first-order valence-electron chi connectivity index (χ1n) is 5.04. The lowest BCUT2D eigenvalue weighted by Gasteiger charge is -2.14. The van der Waals surface area contributed by atoms with Crippen LogP contribution < -0.4 is 5.32 Å². The normalized spacial score (nSPS) is 12.4. The Bertz CT molecular complexity index is 282. The largest absolute Gasteiger partial charge is 0.307 e. The molecule has 1 atom stereocenters. The summed E-state index contributed by atoms with van der Waals surface area (Å²) in [5, 5.41) is 3.05. The van der Waals surface area contributed by atoms with Crippen molar-refractivity contribution in [1.29, 1.82) is 0 Å². The van der Waals surface area contributed by atoms with Crippen LogP contribution in [0.5, 0.6) is 0 Å². The van der Waals surface area contributed by atoms with Gasteiger partial charge in [-0.15, -0.1) is 0 Å². The summed E-state index contributed by atoms with van der Waals surface area (Å²) in [5.74, 6) is 0.265. The lowest BCUT2D eigenvalue weighted by atomic mass is 10.0.